The van der Waals surface area contributed by atoms with Crippen LogP contribution in [0.5, 0.6) is 11.5 Å². The van der Waals surface area contributed by atoms with Crippen molar-refractivity contribution in [3.8, 4) is 11.5 Å². The first-order valence-corrected chi connectivity index (χ1v) is 12.0. The standard InChI is InChI=1S/C23H28N2O6S/c1-23(2)15-20(19-9-6-17(29-3)14-21(19)31-23)24-22(26)16-4-7-18(8-5-16)32(27,28)25-10-12-30-13-11-25/h4-9,14,20H,10-13,15H2,1-3H3,(H,24,26). The Hall–Kier alpha value is -2.62. The molecule has 8 nitrogen and oxygen atoms in total. The van der Waals surface area contributed by atoms with Crippen molar-refractivity contribution < 1.29 is 27.4 Å². The molecule has 1 amide bonds. The number of fused-ring (bicyclic) bond motifs is 1. The zero-order valence-electron chi connectivity index (χ0n) is 18.5. The summed E-state index contributed by atoms with van der Waals surface area (Å²) in [6.45, 7) is 5.37. The number of sulfonamides is 1. The maximum Gasteiger partial charge on any atom is 0.251 e. The molecule has 2 aliphatic heterocycles. The van der Waals surface area contributed by atoms with E-state index in [9.17, 15) is 13.2 Å². The molecule has 1 fully saturated rings. The van der Waals surface area contributed by atoms with Crippen molar-refractivity contribution in [2.24, 2.45) is 0 Å². The van der Waals surface area contributed by atoms with Gasteiger partial charge in [-0.25, -0.2) is 8.42 Å². The molecule has 172 valence electrons. The van der Waals surface area contributed by atoms with Crippen LogP contribution in [0.3, 0.4) is 0 Å². The van der Waals surface area contributed by atoms with Crippen LogP contribution in [0.1, 0.15) is 42.2 Å². The molecule has 1 N–H and O–H groups in total. The van der Waals surface area contributed by atoms with E-state index < -0.39 is 15.6 Å². The summed E-state index contributed by atoms with van der Waals surface area (Å²) in [6.07, 6.45) is 0.599. The summed E-state index contributed by atoms with van der Waals surface area (Å²) in [5.41, 5.74) is 0.809. The second-order valence-electron chi connectivity index (χ2n) is 8.54. The van der Waals surface area contributed by atoms with E-state index in [2.05, 4.69) is 5.32 Å². The van der Waals surface area contributed by atoms with Crippen LogP contribution in [0.4, 0.5) is 0 Å². The van der Waals surface area contributed by atoms with Crippen molar-refractivity contribution in [1.29, 1.82) is 0 Å². The lowest BCUT2D eigenvalue weighted by atomic mass is 9.89. The lowest BCUT2D eigenvalue weighted by Gasteiger charge is -2.38. The molecule has 1 unspecified atom stereocenters. The maximum atomic E-state index is 13.0. The number of methoxy groups -OCH3 is 1. The molecular formula is C23H28N2O6S. The molecule has 0 bridgehead atoms. The van der Waals surface area contributed by atoms with Gasteiger partial charge in [0, 0.05) is 36.7 Å². The zero-order valence-corrected chi connectivity index (χ0v) is 19.3. The molecule has 2 aromatic rings. The third kappa shape index (κ3) is 4.60. The number of carbonyl (C=O) groups is 1. The summed E-state index contributed by atoms with van der Waals surface area (Å²) < 4.78 is 43.6. The highest BCUT2D eigenvalue weighted by molar-refractivity contribution is 7.89. The first kappa shape index (κ1) is 22.6. The van der Waals surface area contributed by atoms with Crippen molar-refractivity contribution in [3.05, 3.63) is 53.6 Å². The van der Waals surface area contributed by atoms with E-state index in [1.165, 1.54) is 16.4 Å². The second-order valence-corrected chi connectivity index (χ2v) is 10.5. The van der Waals surface area contributed by atoms with Gasteiger partial charge in [-0.2, -0.15) is 4.31 Å². The highest BCUT2D eigenvalue weighted by atomic mass is 32.2. The SMILES string of the molecule is COc1ccc2c(c1)OC(C)(C)CC2NC(=O)c1ccc(S(=O)(=O)N2CCOCC2)cc1. The lowest BCUT2D eigenvalue weighted by molar-refractivity contribution is 0.0617. The predicted octanol–water partition coefficient (Wildman–Crippen LogP) is 2.75. The molecule has 0 radical (unpaired) electrons. The number of hydrogen-bond donors (Lipinski definition) is 1. The summed E-state index contributed by atoms with van der Waals surface area (Å²) in [4.78, 5) is 13.1. The number of ether oxygens (including phenoxy) is 3. The zero-order chi connectivity index (χ0) is 22.9. The number of benzene rings is 2. The maximum absolute atomic E-state index is 13.0. The molecule has 1 saturated heterocycles. The van der Waals surface area contributed by atoms with Crippen molar-refractivity contribution in [2.75, 3.05) is 33.4 Å². The van der Waals surface area contributed by atoms with Gasteiger partial charge in [0.05, 0.1) is 31.3 Å². The highest BCUT2D eigenvalue weighted by Crippen LogP contribution is 2.41. The van der Waals surface area contributed by atoms with Gasteiger partial charge < -0.3 is 19.5 Å². The average Bonchev–Trinajstić information content (AvgIpc) is 2.78. The van der Waals surface area contributed by atoms with Crippen LogP contribution in [0.2, 0.25) is 0 Å². The van der Waals surface area contributed by atoms with Crippen molar-refractivity contribution in [3.63, 3.8) is 0 Å². The first-order chi connectivity index (χ1) is 15.2. The number of hydrogen-bond acceptors (Lipinski definition) is 6. The molecule has 2 aromatic carbocycles. The van der Waals surface area contributed by atoms with Crippen LogP contribution in [0, 0.1) is 0 Å². The minimum atomic E-state index is -3.60. The Morgan fingerprint density at radius 3 is 2.47 bits per heavy atom. The fraction of sp³-hybridized carbons (Fsp3) is 0.435. The summed E-state index contributed by atoms with van der Waals surface area (Å²) >= 11 is 0. The number of nitrogens with one attached hydrogen (secondary N) is 1. The number of morpholine rings is 1. The van der Waals surface area contributed by atoms with E-state index in [-0.39, 0.29) is 16.8 Å². The van der Waals surface area contributed by atoms with Crippen LogP contribution >= 0.6 is 0 Å². The van der Waals surface area contributed by atoms with E-state index in [4.69, 9.17) is 14.2 Å². The monoisotopic (exact) mass is 460 g/mol. The lowest BCUT2D eigenvalue weighted by Crippen LogP contribution is -2.41. The number of nitrogens with zero attached hydrogens (tertiary/aromatic N) is 1. The summed E-state index contributed by atoms with van der Waals surface area (Å²) in [6, 6.07) is 11.4. The van der Waals surface area contributed by atoms with Crippen molar-refractivity contribution in [2.45, 2.75) is 36.8 Å². The van der Waals surface area contributed by atoms with Crippen molar-refractivity contribution >= 4 is 15.9 Å². The third-order valence-electron chi connectivity index (χ3n) is 5.71. The van der Waals surface area contributed by atoms with Gasteiger partial charge in [0.15, 0.2) is 0 Å². The van der Waals surface area contributed by atoms with Gasteiger partial charge in [0.1, 0.15) is 17.1 Å². The molecule has 9 heteroatoms. The van der Waals surface area contributed by atoms with Crippen LogP contribution < -0.4 is 14.8 Å². The van der Waals surface area contributed by atoms with E-state index in [0.29, 0.717) is 49.8 Å². The van der Waals surface area contributed by atoms with Crippen LogP contribution in [0.15, 0.2) is 47.4 Å². The van der Waals surface area contributed by atoms with Gasteiger partial charge in [-0.1, -0.05) is 0 Å². The Bertz CT molecular complexity index is 1090. The van der Waals surface area contributed by atoms with Crippen molar-refractivity contribution in [1.82, 2.24) is 9.62 Å². The third-order valence-corrected chi connectivity index (χ3v) is 7.62. The number of rotatable bonds is 5. The largest absolute Gasteiger partial charge is 0.497 e. The number of amides is 1. The van der Waals surface area contributed by atoms with Crippen LogP contribution in [-0.2, 0) is 14.8 Å². The molecule has 32 heavy (non-hydrogen) atoms. The van der Waals surface area contributed by atoms with Gasteiger partial charge in [0.25, 0.3) is 5.91 Å². The summed E-state index contributed by atoms with van der Waals surface area (Å²) in [5, 5.41) is 3.07. The average molecular weight is 461 g/mol. The van der Waals surface area contributed by atoms with E-state index in [1.54, 1.807) is 19.2 Å². The van der Waals surface area contributed by atoms with E-state index in [1.807, 2.05) is 32.0 Å². The molecule has 2 aliphatic rings. The van der Waals surface area contributed by atoms with Gasteiger partial charge in [-0.15, -0.1) is 0 Å². The van der Waals surface area contributed by atoms with Crippen LogP contribution in [0.25, 0.3) is 0 Å². The summed E-state index contributed by atoms with van der Waals surface area (Å²) in [5.74, 6) is 1.09. The minimum Gasteiger partial charge on any atom is -0.497 e. The van der Waals surface area contributed by atoms with E-state index in [0.717, 1.165) is 5.56 Å². The van der Waals surface area contributed by atoms with Gasteiger partial charge in [-0.3, -0.25) is 4.79 Å². The Labute approximate surface area is 188 Å². The van der Waals surface area contributed by atoms with Crippen LogP contribution in [-0.4, -0.2) is 57.6 Å². The predicted molar refractivity (Wildman–Crippen MR) is 119 cm³/mol. The Kier molecular flexibility index (Phi) is 6.15. The highest BCUT2D eigenvalue weighted by Gasteiger charge is 2.35. The fourth-order valence-electron chi connectivity index (χ4n) is 4.04. The summed E-state index contributed by atoms with van der Waals surface area (Å²) in [7, 11) is -2.01. The molecule has 1 atom stereocenters. The fourth-order valence-corrected chi connectivity index (χ4v) is 5.45. The molecule has 0 aromatic heterocycles. The van der Waals surface area contributed by atoms with Gasteiger partial charge in [-0.05, 0) is 50.2 Å². The molecular weight excluding hydrogens is 432 g/mol. The quantitative estimate of drug-likeness (QED) is 0.737. The number of carbonyl (C=O) groups excluding carboxylic acids is 1. The molecule has 0 saturated carbocycles. The molecule has 4 rings (SSSR count). The topological polar surface area (TPSA) is 94.2 Å². The van der Waals surface area contributed by atoms with Gasteiger partial charge in [0.2, 0.25) is 10.0 Å². The normalized spacial score (nSPS) is 20.7. The second kappa shape index (κ2) is 8.73. The van der Waals surface area contributed by atoms with Gasteiger partial charge >= 0.3 is 0 Å². The molecule has 0 aliphatic carbocycles. The Balaban J connectivity index is 1.52. The van der Waals surface area contributed by atoms with E-state index >= 15 is 0 Å². The Morgan fingerprint density at radius 1 is 1.12 bits per heavy atom. The molecule has 0 spiro atoms. The first-order valence-electron chi connectivity index (χ1n) is 10.6. The molecule has 2 heterocycles. The Morgan fingerprint density at radius 2 is 1.81 bits per heavy atom. The smallest absolute Gasteiger partial charge is 0.251 e. The minimum absolute atomic E-state index is 0.167.